The first-order valence-electron chi connectivity index (χ1n) is 4.07. The number of alkyl halides is 2. The van der Waals surface area contributed by atoms with Crippen LogP contribution in [0.2, 0.25) is 0 Å². The van der Waals surface area contributed by atoms with Crippen LogP contribution >= 0.6 is 0 Å². The summed E-state index contributed by atoms with van der Waals surface area (Å²) >= 11 is 0. The highest BCUT2D eigenvalue weighted by Gasteiger charge is 2.40. The number of hydrogen-bond acceptors (Lipinski definition) is 2. The van der Waals surface area contributed by atoms with Gasteiger partial charge in [-0.2, -0.15) is 0 Å². The monoisotopic (exact) mass is 199 g/mol. The van der Waals surface area contributed by atoms with E-state index in [1.165, 1.54) is 12.3 Å². The van der Waals surface area contributed by atoms with Crippen LogP contribution in [0.15, 0.2) is 12.3 Å². The van der Waals surface area contributed by atoms with E-state index in [1.807, 2.05) is 0 Å². The Kier molecular flexibility index (Phi) is 1.77. The van der Waals surface area contributed by atoms with Crippen LogP contribution in [0.5, 0.6) is 0 Å². The summed E-state index contributed by atoms with van der Waals surface area (Å²) in [6, 6.07) is 1.25. The number of hydrogen-bond donors (Lipinski definition) is 1. The number of carboxylic acid groups (broad SMARTS) is 1. The van der Waals surface area contributed by atoms with Gasteiger partial charge in [0.2, 0.25) is 0 Å². The Morgan fingerprint density at radius 1 is 1.50 bits per heavy atom. The molecule has 0 fully saturated rings. The van der Waals surface area contributed by atoms with Crippen molar-refractivity contribution in [3.8, 4) is 0 Å². The second-order valence-corrected chi connectivity index (χ2v) is 3.30. The van der Waals surface area contributed by atoms with Gasteiger partial charge in [0.25, 0.3) is 5.92 Å². The maximum Gasteiger partial charge on any atom is 0.336 e. The average molecular weight is 199 g/mol. The Balaban J connectivity index is 2.52. The molecule has 0 spiro atoms. The number of carbonyl (C=O) groups is 1. The molecule has 5 heteroatoms. The minimum atomic E-state index is -2.85. The highest BCUT2D eigenvalue weighted by Crippen LogP contribution is 2.34. The molecule has 14 heavy (non-hydrogen) atoms. The molecule has 1 aliphatic carbocycles. The van der Waals surface area contributed by atoms with Crippen molar-refractivity contribution in [1.82, 2.24) is 4.98 Å². The van der Waals surface area contributed by atoms with E-state index in [4.69, 9.17) is 5.11 Å². The number of pyridine rings is 1. The third-order valence-corrected chi connectivity index (χ3v) is 2.24. The zero-order valence-corrected chi connectivity index (χ0v) is 7.13. The van der Waals surface area contributed by atoms with Crippen LogP contribution in [0.3, 0.4) is 0 Å². The van der Waals surface area contributed by atoms with Crippen molar-refractivity contribution in [1.29, 1.82) is 0 Å². The SMILES string of the molecule is O=C(O)c1ccnc2c1CC(F)(F)C2. The molecule has 1 heterocycles. The van der Waals surface area contributed by atoms with Crippen LogP contribution in [-0.4, -0.2) is 22.0 Å². The first-order chi connectivity index (χ1) is 6.49. The van der Waals surface area contributed by atoms with Gasteiger partial charge < -0.3 is 5.11 Å². The van der Waals surface area contributed by atoms with Crippen molar-refractivity contribution in [2.24, 2.45) is 0 Å². The molecule has 0 amide bonds. The number of fused-ring (bicyclic) bond motifs is 1. The fourth-order valence-electron chi connectivity index (χ4n) is 1.65. The number of carboxylic acids is 1. The molecule has 1 aromatic heterocycles. The van der Waals surface area contributed by atoms with E-state index >= 15 is 0 Å². The first kappa shape index (κ1) is 9.05. The van der Waals surface area contributed by atoms with E-state index in [2.05, 4.69) is 4.98 Å². The second-order valence-electron chi connectivity index (χ2n) is 3.30. The summed E-state index contributed by atoms with van der Waals surface area (Å²) in [5.41, 5.74) is 0.312. The lowest BCUT2D eigenvalue weighted by Gasteiger charge is -2.04. The van der Waals surface area contributed by atoms with E-state index in [1.54, 1.807) is 0 Å². The van der Waals surface area contributed by atoms with Crippen LogP contribution in [0.25, 0.3) is 0 Å². The van der Waals surface area contributed by atoms with Crippen molar-refractivity contribution in [2.75, 3.05) is 0 Å². The fraction of sp³-hybridized carbons (Fsp3) is 0.333. The minimum absolute atomic E-state index is 0.0628. The van der Waals surface area contributed by atoms with E-state index in [9.17, 15) is 13.6 Å². The van der Waals surface area contributed by atoms with Crippen molar-refractivity contribution in [3.05, 3.63) is 29.1 Å². The largest absolute Gasteiger partial charge is 0.478 e. The minimum Gasteiger partial charge on any atom is -0.478 e. The van der Waals surface area contributed by atoms with Crippen molar-refractivity contribution in [3.63, 3.8) is 0 Å². The zero-order valence-electron chi connectivity index (χ0n) is 7.13. The average Bonchev–Trinajstić information content (AvgIpc) is 2.36. The van der Waals surface area contributed by atoms with E-state index in [0.29, 0.717) is 0 Å². The van der Waals surface area contributed by atoms with Gasteiger partial charge in [0.1, 0.15) is 0 Å². The molecular weight excluding hydrogens is 192 g/mol. The molecule has 74 valence electrons. The van der Waals surface area contributed by atoms with Crippen LogP contribution in [0, 0.1) is 0 Å². The molecule has 0 aliphatic heterocycles. The Hall–Kier alpha value is -1.52. The first-order valence-corrected chi connectivity index (χ1v) is 4.07. The molecule has 2 rings (SSSR count). The second kappa shape index (κ2) is 2.73. The Morgan fingerprint density at radius 3 is 2.86 bits per heavy atom. The van der Waals surface area contributed by atoms with Crippen molar-refractivity contribution < 1.29 is 18.7 Å². The summed E-state index contributed by atoms with van der Waals surface area (Å²) in [7, 11) is 0. The van der Waals surface area contributed by atoms with E-state index < -0.39 is 24.7 Å². The smallest absolute Gasteiger partial charge is 0.336 e. The van der Waals surface area contributed by atoms with Gasteiger partial charge in [-0.05, 0) is 11.6 Å². The lowest BCUT2D eigenvalue weighted by atomic mass is 10.1. The Morgan fingerprint density at radius 2 is 2.21 bits per heavy atom. The molecule has 0 radical (unpaired) electrons. The maximum absolute atomic E-state index is 12.9. The number of aromatic nitrogens is 1. The molecule has 0 bridgehead atoms. The normalized spacial score (nSPS) is 17.9. The summed E-state index contributed by atoms with van der Waals surface area (Å²) in [5, 5.41) is 8.75. The highest BCUT2D eigenvalue weighted by molar-refractivity contribution is 5.89. The summed E-state index contributed by atoms with van der Waals surface area (Å²) in [6.07, 6.45) is 0.283. The van der Waals surface area contributed by atoms with Crippen molar-refractivity contribution >= 4 is 5.97 Å². The van der Waals surface area contributed by atoms with Gasteiger partial charge in [0, 0.05) is 12.6 Å². The highest BCUT2D eigenvalue weighted by atomic mass is 19.3. The summed E-state index contributed by atoms with van der Waals surface area (Å²) in [6.45, 7) is 0. The standard InChI is InChI=1S/C9H7F2NO2/c10-9(11)3-6-5(8(13)14)1-2-12-7(6)4-9/h1-2H,3-4H2,(H,13,14). The van der Waals surface area contributed by atoms with Crippen LogP contribution < -0.4 is 0 Å². The number of halogens is 2. The molecule has 3 nitrogen and oxygen atoms in total. The third-order valence-electron chi connectivity index (χ3n) is 2.24. The summed E-state index contributed by atoms with van der Waals surface area (Å²) in [4.78, 5) is 14.5. The predicted octanol–water partition coefficient (Wildman–Crippen LogP) is 1.51. The molecular formula is C9H7F2NO2. The van der Waals surface area contributed by atoms with E-state index in [0.717, 1.165) is 0 Å². The number of nitrogens with zero attached hydrogens (tertiary/aromatic N) is 1. The fourth-order valence-corrected chi connectivity index (χ4v) is 1.65. The Bertz CT molecular complexity index is 404. The molecule has 1 N–H and O–H groups in total. The van der Waals surface area contributed by atoms with Gasteiger partial charge in [0.05, 0.1) is 17.7 Å². The van der Waals surface area contributed by atoms with Gasteiger partial charge in [-0.1, -0.05) is 0 Å². The summed E-state index contributed by atoms with van der Waals surface area (Å²) < 4.78 is 25.9. The Labute approximate surface area is 78.4 Å². The topological polar surface area (TPSA) is 50.2 Å². The zero-order chi connectivity index (χ0) is 10.3. The number of rotatable bonds is 1. The molecule has 0 saturated carbocycles. The van der Waals surface area contributed by atoms with Crippen LogP contribution in [-0.2, 0) is 12.8 Å². The number of aromatic carboxylic acids is 1. The van der Waals surface area contributed by atoms with E-state index in [-0.39, 0.29) is 16.8 Å². The van der Waals surface area contributed by atoms with Gasteiger partial charge in [-0.3, -0.25) is 4.98 Å². The predicted molar refractivity (Wildman–Crippen MR) is 43.6 cm³/mol. The third kappa shape index (κ3) is 1.34. The summed E-state index contributed by atoms with van der Waals surface area (Å²) in [5.74, 6) is -4.03. The quantitative estimate of drug-likeness (QED) is 0.745. The molecule has 0 atom stereocenters. The van der Waals surface area contributed by atoms with Gasteiger partial charge in [-0.25, -0.2) is 13.6 Å². The molecule has 0 saturated heterocycles. The van der Waals surface area contributed by atoms with Crippen molar-refractivity contribution in [2.45, 2.75) is 18.8 Å². The van der Waals surface area contributed by atoms with Crippen LogP contribution in [0.1, 0.15) is 21.6 Å². The molecule has 0 unspecified atom stereocenters. The molecule has 0 aromatic carbocycles. The van der Waals surface area contributed by atoms with Gasteiger partial charge in [0.15, 0.2) is 0 Å². The van der Waals surface area contributed by atoms with Crippen LogP contribution in [0.4, 0.5) is 8.78 Å². The lowest BCUT2D eigenvalue weighted by molar-refractivity contribution is 0.0125. The maximum atomic E-state index is 12.9. The van der Waals surface area contributed by atoms with Gasteiger partial charge >= 0.3 is 5.97 Å². The lowest BCUT2D eigenvalue weighted by Crippen LogP contribution is -2.15. The van der Waals surface area contributed by atoms with Gasteiger partial charge in [-0.15, -0.1) is 0 Å². The molecule has 1 aliphatic rings. The molecule has 1 aromatic rings.